The number of hydrogen-bond donors (Lipinski definition) is 2. The van der Waals surface area contributed by atoms with Gasteiger partial charge >= 0.3 is 30.7 Å². The third-order valence-electron chi connectivity index (χ3n) is 7.51. The van der Waals surface area contributed by atoms with Gasteiger partial charge in [0.2, 0.25) is 0 Å². The molecule has 0 amide bonds. The van der Waals surface area contributed by atoms with E-state index in [1.165, 1.54) is 12.1 Å². The molecule has 1 aliphatic carbocycles. The van der Waals surface area contributed by atoms with Crippen LogP contribution in [0.5, 0.6) is 0 Å². The van der Waals surface area contributed by atoms with Gasteiger partial charge in [-0.05, 0) is 48.8 Å². The Morgan fingerprint density at radius 3 is 1.42 bits per heavy atom. The van der Waals surface area contributed by atoms with Crippen LogP contribution in [-0.2, 0) is 4.74 Å². The van der Waals surface area contributed by atoms with Crippen LogP contribution in [0.15, 0.2) is 24.3 Å². The van der Waals surface area contributed by atoms with E-state index >= 15 is 0 Å². The lowest BCUT2D eigenvalue weighted by atomic mass is 9.65. The summed E-state index contributed by atoms with van der Waals surface area (Å²) in [6, 6.07) is 4.53. The summed E-state index contributed by atoms with van der Waals surface area (Å²) >= 11 is 0. The van der Waals surface area contributed by atoms with Crippen molar-refractivity contribution in [3.05, 3.63) is 35.4 Å². The first-order valence-corrected chi connectivity index (χ1v) is 12.7. The van der Waals surface area contributed by atoms with Crippen LogP contribution in [0, 0.1) is 17.3 Å². The van der Waals surface area contributed by atoms with Gasteiger partial charge in [0.15, 0.2) is 0 Å². The van der Waals surface area contributed by atoms with Gasteiger partial charge in [0.25, 0.3) is 11.2 Å². The molecule has 4 nitrogen and oxygen atoms in total. The van der Waals surface area contributed by atoms with Gasteiger partial charge in [-0.15, -0.1) is 0 Å². The molecule has 43 heavy (non-hydrogen) atoms. The van der Waals surface area contributed by atoms with Gasteiger partial charge in [-0.2, -0.15) is 52.7 Å². The van der Waals surface area contributed by atoms with Crippen LogP contribution in [0.25, 0.3) is 0 Å². The molecule has 0 radical (unpaired) electrons. The number of halogens is 13. The Morgan fingerprint density at radius 2 is 1.12 bits per heavy atom. The minimum absolute atomic E-state index is 0.327. The second-order valence-electron chi connectivity index (χ2n) is 11.9. The summed E-state index contributed by atoms with van der Waals surface area (Å²) in [4.78, 5) is 12.7. The highest BCUT2D eigenvalue weighted by Gasteiger charge is 2.78. The monoisotopic (exact) mass is 652 g/mol. The first-order chi connectivity index (χ1) is 19.1. The molecule has 2 N–H and O–H groups in total. The third kappa shape index (κ3) is 7.51. The maximum absolute atomic E-state index is 13.6. The molecule has 0 heterocycles. The van der Waals surface area contributed by atoms with E-state index in [0.29, 0.717) is 12.0 Å². The number of rotatable bonds is 7. The SMILES string of the molecule is CC(C)(C)CC(CF)c1ccc(C(=O)OC2CC(C(O)(C(F)(F)F)C(F)(F)F)CC(C(O)(C(F)(F)F)C(F)(F)F)C2)cc1. The summed E-state index contributed by atoms with van der Waals surface area (Å²) in [5.41, 5.74) is -12.0. The van der Waals surface area contributed by atoms with Gasteiger partial charge in [-0.3, -0.25) is 4.39 Å². The number of hydrogen-bond acceptors (Lipinski definition) is 4. The molecule has 1 aromatic carbocycles. The number of benzene rings is 1. The molecule has 248 valence electrons. The Kier molecular flexibility index (Phi) is 10.2. The molecule has 1 aliphatic rings. The van der Waals surface area contributed by atoms with Crippen molar-refractivity contribution in [2.75, 3.05) is 6.67 Å². The quantitative estimate of drug-likeness (QED) is 0.233. The van der Waals surface area contributed by atoms with Gasteiger partial charge < -0.3 is 14.9 Å². The molecule has 3 atom stereocenters. The molecule has 17 heteroatoms. The summed E-state index contributed by atoms with van der Waals surface area (Å²) in [6.07, 6.45) is -34.2. The summed E-state index contributed by atoms with van der Waals surface area (Å²) in [7, 11) is 0. The van der Waals surface area contributed by atoms with Crippen LogP contribution < -0.4 is 0 Å². The number of ether oxygens (including phenoxy) is 1. The molecule has 1 fully saturated rings. The van der Waals surface area contributed by atoms with Crippen molar-refractivity contribution in [3.8, 4) is 0 Å². The van der Waals surface area contributed by atoms with E-state index < -0.39 is 97.2 Å². The zero-order valence-corrected chi connectivity index (χ0v) is 22.8. The van der Waals surface area contributed by atoms with E-state index in [0.717, 1.165) is 12.1 Å². The second kappa shape index (κ2) is 11.9. The van der Waals surface area contributed by atoms with E-state index in [-0.39, 0.29) is 5.41 Å². The van der Waals surface area contributed by atoms with Crippen LogP contribution in [-0.4, -0.2) is 64.9 Å². The standard InChI is InChI=1S/C26H29F13O4/c1-20(2,3)11-15(12-27)13-4-6-14(7-5-13)19(40)43-18-9-16(21(41,23(28,29)30)24(31,32)33)8-17(10-18)22(42,25(34,35)36)26(37,38)39/h4-7,15-18,41-42H,8-12H2,1-3H3. The molecule has 1 aromatic rings. The molecule has 0 bridgehead atoms. The van der Waals surface area contributed by atoms with Gasteiger partial charge in [-0.1, -0.05) is 32.9 Å². The van der Waals surface area contributed by atoms with Crippen LogP contribution >= 0.6 is 0 Å². The average molecular weight is 652 g/mol. The number of alkyl halides is 13. The first-order valence-electron chi connectivity index (χ1n) is 12.7. The number of carbonyl (C=O) groups is 1. The highest BCUT2D eigenvalue weighted by Crippen LogP contribution is 2.58. The van der Waals surface area contributed by atoms with Gasteiger partial charge in [0, 0.05) is 17.8 Å². The van der Waals surface area contributed by atoms with Crippen molar-refractivity contribution in [2.24, 2.45) is 17.3 Å². The highest BCUT2D eigenvalue weighted by atomic mass is 19.4. The summed E-state index contributed by atoms with van der Waals surface area (Å²) in [6.45, 7) is 4.66. The Labute approximate surface area is 237 Å². The van der Waals surface area contributed by atoms with Crippen molar-refractivity contribution in [1.82, 2.24) is 0 Å². The lowest BCUT2D eigenvalue weighted by molar-refractivity contribution is -0.405. The van der Waals surface area contributed by atoms with E-state index in [1.807, 2.05) is 20.8 Å². The van der Waals surface area contributed by atoms with E-state index in [4.69, 9.17) is 4.74 Å². The van der Waals surface area contributed by atoms with Gasteiger partial charge in [-0.25, -0.2) is 4.79 Å². The number of aliphatic hydroxyl groups is 2. The van der Waals surface area contributed by atoms with E-state index in [2.05, 4.69) is 0 Å². The molecule has 1 saturated carbocycles. The molecule has 0 spiro atoms. The average Bonchev–Trinajstić information content (AvgIpc) is 2.82. The zero-order valence-electron chi connectivity index (χ0n) is 22.8. The summed E-state index contributed by atoms with van der Waals surface area (Å²) in [5.74, 6) is -9.10. The van der Waals surface area contributed by atoms with Crippen molar-refractivity contribution >= 4 is 5.97 Å². The third-order valence-corrected chi connectivity index (χ3v) is 7.51. The van der Waals surface area contributed by atoms with Crippen LogP contribution in [0.1, 0.15) is 68.3 Å². The predicted octanol–water partition coefficient (Wildman–Crippen LogP) is 7.83. The first kappa shape index (κ1) is 36.9. The molecule has 0 saturated heterocycles. The Hall–Kier alpha value is -2.30. The van der Waals surface area contributed by atoms with E-state index in [1.54, 1.807) is 0 Å². The predicted molar refractivity (Wildman–Crippen MR) is 123 cm³/mol. The van der Waals surface area contributed by atoms with Gasteiger partial charge in [0.1, 0.15) is 6.10 Å². The lowest BCUT2D eigenvalue weighted by Gasteiger charge is -2.48. The normalized spacial score (nSPS) is 22.3. The zero-order chi connectivity index (χ0) is 33.6. The molecule has 3 unspecified atom stereocenters. The maximum atomic E-state index is 13.6. The fourth-order valence-corrected chi connectivity index (χ4v) is 5.40. The minimum atomic E-state index is -6.64. The molecular weight excluding hydrogens is 623 g/mol. The Bertz CT molecular complexity index is 1030. The topological polar surface area (TPSA) is 66.8 Å². The highest BCUT2D eigenvalue weighted by molar-refractivity contribution is 5.89. The molecule has 2 rings (SSSR count). The minimum Gasteiger partial charge on any atom is -0.459 e. The van der Waals surface area contributed by atoms with E-state index in [9.17, 15) is 72.1 Å². The Morgan fingerprint density at radius 1 is 0.744 bits per heavy atom. The summed E-state index contributed by atoms with van der Waals surface area (Å²) < 4.78 is 181. The van der Waals surface area contributed by atoms with Crippen LogP contribution in [0.2, 0.25) is 0 Å². The van der Waals surface area contributed by atoms with Gasteiger partial charge in [0.05, 0.1) is 12.2 Å². The fourth-order valence-electron chi connectivity index (χ4n) is 5.40. The Balaban J connectivity index is 2.52. The maximum Gasteiger partial charge on any atom is 0.426 e. The summed E-state index contributed by atoms with van der Waals surface area (Å²) in [5, 5.41) is 19.6. The number of esters is 1. The van der Waals surface area contributed by atoms with Crippen molar-refractivity contribution in [1.29, 1.82) is 0 Å². The van der Waals surface area contributed by atoms with Crippen molar-refractivity contribution in [3.63, 3.8) is 0 Å². The largest absolute Gasteiger partial charge is 0.459 e. The van der Waals surface area contributed by atoms with Crippen molar-refractivity contribution < 1.29 is 76.8 Å². The van der Waals surface area contributed by atoms with Crippen LogP contribution in [0.3, 0.4) is 0 Å². The molecular formula is C26H29F13O4. The van der Waals surface area contributed by atoms with Crippen molar-refractivity contribution in [2.45, 2.75) is 94.4 Å². The second-order valence-corrected chi connectivity index (χ2v) is 11.9. The lowest BCUT2D eigenvalue weighted by Crippen LogP contribution is -2.67. The fraction of sp³-hybridized carbons (Fsp3) is 0.731. The smallest absolute Gasteiger partial charge is 0.426 e. The number of carbonyl (C=O) groups excluding carboxylic acids is 1. The molecule has 0 aliphatic heterocycles. The molecule has 0 aromatic heterocycles. The van der Waals surface area contributed by atoms with Crippen LogP contribution in [0.4, 0.5) is 57.1 Å².